The van der Waals surface area contributed by atoms with Crippen molar-refractivity contribution in [1.82, 2.24) is 0 Å². The molecule has 0 spiro atoms. The Balaban J connectivity index is 1.30. The van der Waals surface area contributed by atoms with Crippen LogP contribution in [0.5, 0.6) is 0 Å². The summed E-state index contributed by atoms with van der Waals surface area (Å²) in [6.07, 6.45) is 7.91. The van der Waals surface area contributed by atoms with Gasteiger partial charge in [0.05, 0.1) is 18.4 Å². The number of carboxylic acids is 2. The summed E-state index contributed by atoms with van der Waals surface area (Å²) >= 11 is 0. The van der Waals surface area contributed by atoms with Gasteiger partial charge < -0.3 is 14.9 Å². The maximum atomic E-state index is 12.7. The maximum absolute atomic E-state index is 12.7. The summed E-state index contributed by atoms with van der Waals surface area (Å²) in [6, 6.07) is 32.1. The second kappa shape index (κ2) is 13.8. The molecule has 4 saturated carbocycles. The quantitative estimate of drug-likeness (QED) is 0.152. The van der Waals surface area contributed by atoms with Crippen LogP contribution in [0.15, 0.2) is 103 Å². The summed E-state index contributed by atoms with van der Waals surface area (Å²) in [7, 11) is 0. The molecule has 0 amide bonds. The Labute approximate surface area is 323 Å². The zero-order valence-electron chi connectivity index (χ0n) is 33.4. The molecule has 9 atom stereocenters. The molecule has 0 radical (unpaired) electrons. The largest absolute Gasteiger partial charge is 0.481 e. The van der Waals surface area contributed by atoms with Crippen molar-refractivity contribution in [2.75, 3.05) is 6.61 Å². The average molecular weight is 731 g/mol. The molecule has 4 fully saturated rings. The second-order valence-corrected chi connectivity index (χ2v) is 19.2. The summed E-state index contributed by atoms with van der Waals surface area (Å²) < 4.78 is 7.70. The van der Waals surface area contributed by atoms with Gasteiger partial charge in [-0.1, -0.05) is 124 Å². The molecule has 3 aromatic rings. The van der Waals surface area contributed by atoms with Gasteiger partial charge in [0.25, 0.3) is 0 Å². The van der Waals surface area contributed by atoms with Crippen LogP contribution in [0, 0.1) is 56.7 Å². The number of ether oxygens (including phenoxy) is 1. The lowest BCUT2D eigenvalue weighted by Crippen LogP contribution is -2.66. The average Bonchev–Trinajstić information content (AvgIpc) is 3.53. The van der Waals surface area contributed by atoms with Crippen LogP contribution in [-0.2, 0) is 19.9 Å². The summed E-state index contributed by atoms with van der Waals surface area (Å²) in [5, 5.41) is 20.8. The first-order valence-electron chi connectivity index (χ1n) is 20.5. The predicted molar refractivity (Wildman–Crippen MR) is 215 cm³/mol. The van der Waals surface area contributed by atoms with E-state index in [1.54, 1.807) is 0 Å². The van der Waals surface area contributed by atoms with Gasteiger partial charge in [0, 0.05) is 0 Å². The van der Waals surface area contributed by atoms with E-state index in [9.17, 15) is 19.8 Å². The Kier molecular flexibility index (Phi) is 9.85. The molecule has 0 saturated heterocycles. The number of aliphatic carboxylic acids is 2. The number of hydrogen-bond acceptors (Lipinski definition) is 3. The second-order valence-electron chi connectivity index (χ2n) is 19.2. The lowest BCUT2D eigenvalue weighted by atomic mass is 9.33. The van der Waals surface area contributed by atoms with E-state index in [1.807, 2.05) is 13.8 Å². The molecule has 5 heteroatoms. The highest BCUT2D eigenvalue weighted by molar-refractivity contribution is 5.75. The van der Waals surface area contributed by atoms with Crippen molar-refractivity contribution in [2.24, 2.45) is 56.7 Å². The van der Waals surface area contributed by atoms with Gasteiger partial charge in [0.15, 0.2) is 0 Å². The minimum Gasteiger partial charge on any atom is -0.481 e. The standard InChI is InChI=1S/C49H62O5/c1-33(2)37-25-28-48(32-54-49(34-17-11-8-12-18-34,35-19-13-9-14-20-35)36-21-15-10-16-22-36)30-29-46(6)38(42(37)48)23-24-40-45(5,31-41(50)51)39(26-27-47(40,46)7)44(3,4)43(52)53/h8-22,37-40,42H,1,23-32H2,2-7H3,(H,50,51)(H,52,53)/t37-,38+,39-,40+,42+,45-,46+,47+,48+/m0/s1. The van der Waals surface area contributed by atoms with E-state index in [2.05, 4.69) is 125 Å². The maximum Gasteiger partial charge on any atom is 0.309 e. The highest BCUT2D eigenvalue weighted by Gasteiger charge is 2.71. The van der Waals surface area contributed by atoms with E-state index in [-0.39, 0.29) is 34.5 Å². The molecule has 5 nitrogen and oxygen atoms in total. The topological polar surface area (TPSA) is 83.8 Å². The Bertz CT molecular complexity index is 1760. The molecule has 54 heavy (non-hydrogen) atoms. The van der Waals surface area contributed by atoms with Crippen molar-refractivity contribution >= 4 is 11.9 Å². The number of rotatable bonds is 11. The molecule has 4 aliphatic rings. The van der Waals surface area contributed by atoms with Crippen molar-refractivity contribution in [1.29, 1.82) is 0 Å². The fraction of sp³-hybridized carbons (Fsp3) is 0.551. The number of allylic oxidation sites excluding steroid dienone is 1. The van der Waals surface area contributed by atoms with E-state index >= 15 is 0 Å². The highest BCUT2D eigenvalue weighted by Crippen LogP contribution is 2.77. The van der Waals surface area contributed by atoms with Gasteiger partial charge in [-0.2, -0.15) is 0 Å². The van der Waals surface area contributed by atoms with E-state index in [1.165, 1.54) is 5.57 Å². The van der Waals surface area contributed by atoms with Gasteiger partial charge in [0.1, 0.15) is 5.60 Å². The van der Waals surface area contributed by atoms with Crippen molar-refractivity contribution in [2.45, 2.75) is 105 Å². The van der Waals surface area contributed by atoms with E-state index in [4.69, 9.17) is 4.74 Å². The number of hydrogen-bond donors (Lipinski definition) is 2. The van der Waals surface area contributed by atoms with E-state index in [0.717, 1.165) is 68.1 Å². The Hall–Kier alpha value is -3.70. The van der Waals surface area contributed by atoms with Gasteiger partial charge >= 0.3 is 11.9 Å². The van der Waals surface area contributed by atoms with Gasteiger partial charge in [-0.05, 0) is 140 Å². The van der Waals surface area contributed by atoms with E-state index < -0.39 is 28.4 Å². The van der Waals surface area contributed by atoms with Gasteiger partial charge in [0.2, 0.25) is 0 Å². The lowest BCUT2D eigenvalue weighted by molar-refractivity contribution is -0.237. The summed E-state index contributed by atoms with van der Waals surface area (Å²) in [6.45, 7) is 18.3. The number of fused-ring (bicyclic) bond motifs is 5. The Morgan fingerprint density at radius 2 is 1.28 bits per heavy atom. The normalized spacial score (nSPS) is 35.0. The molecule has 0 unspecified atom stereocenters. The van der Waals surface area contributed by atoms with Crippen LogP contribution in [-0.4, -0.2) is 28.8 Å². The first-order chi connectivity index (χ1) is 25.6. The molecular formula is C49H62O5. The third kappa shape index (κ3) is 5.73. The molecule has 0 heterocycles. The molecule has 0 aromatic heterocycles. The number of carbonyl (C=O) groups is 2. The molecule has 7 rings (SSSR count). The van der Waals surface area contributed by atoms with Crippen molar-refractivity contribution in [3.05, 3.63) is 120 Å². The van der Waals surface area contributed by atoms with Gasteiger partial charge in [-0.25, -0.2) is 0 Å². The molecule has 2 N–H and O–H groups in total. The van der Waals surface area contributed by atoms with Crippen LogP contribution in [0.2, 0.25) is 0 Å². The molecule has 0 aliphatic heterocycles. The van der Waals surface area contributed by atoms with Crippen molar-refractivity contribution in [3.8, 4) is 0 Å². The van der Waals surface area contributed by atoms with Crippen molar-refractivity contribution in [3.63, 3.8) is 0 Å². The molecule has 4 aliphatic carbocycles. The zero-order chi connectivity index (χ0) is 38.7. The third-order valence-electron chi connectivity index (χ3n) is 16.6. The number of benzene rings is 3. The van der Waals surface area contributed by atoms with Crippen molar-refractivity contribution < 1.29 is 24.5 Å². The summed E-state index contributed by atoms with van der Waals surface area (Å²) in [4.78, 5) is 25.4. The van der Waals surface area contributed by atoms with Crippen LogP contribution in [0.4, 0.5) is 0 Å². The minimum absolute atomic E-state index is 0.00547. The predicted octanol–water partition coefficient (Wildman–Crippen LogP) is 11.4. The summed E-state index contributed by atoms with van der Waals surface area (Å²) in [5.41, 5.74) is 2.01. The molecule has 288 valence electrons. The van der Waals surface area contributed by atoms with Crippen LogP contribution in [0.3, 0.4) is 0 Å². The SMILES string of the molecule is C=C(C)[C@@H]1CC[C@]2(COC(c3ccccc3)(c3ccccc3)c3ccccc3)CC[C@]3(C)[C@H](CC[C@@H]4[C@@](C)(CC(=O)O)[C@H](C(C)(C)C(=O)O)CC[C@]43C)[C@@H]12. The van der Waals surface area contributed by atoms with Crippen LogP contribution in [0.1, 0.15) is 116 Å². The number of carboxylic acid groups (broad SMARTS) is 2. The van der Waals surface area contributed by atoms with Crippen LogP contribution < -0.4 is 0 Å². The fourth-order valence-electron chi connectivity index (χ4n) is 13.8. The van der Waals surface area contributed by atoms with Gasteiger partial charge in [-0.3, -0.25) is 9.59 Å². The molecule has 0 bridgehead atoms. The molecule has 3 aromatic carbocycles. The monoisotopic (exact) mass is 730 g/mol. The Morgan fingerprint density at radius 1 is 0.741 bits per heavy atom. The Morgan fingerprint density at radius 3 is 1.76 bits per heavy atom. The first-order valence-corrected chi connectivity index (χ1v) is 20.5. The fourth-order valence-corrected chi connectivity index (χ4v) is 13.8. The zero-order valence-corrected chi connectivity index (χ0v) is 33.4. The first kappa shape index (κ1) is 38.6. The van der Waals surface area contributed by atoms with E-state index in [0.29, 0.717) is 24.4 Å². The van der Waals surface area contributed by atoms with Gasteiger partial charge in [-0.15, -0.1) is 0 Å². The van der Waals surface area contributed by atoms with Crippen LogP contribution in [0.25, 0.3) is 0 Å². The summed E-state index contributed by atoms with van der Waals surface area (Å²) in [5.74, 6) is -0.534. The smallest absolute Gasteiger partial charge is 0.309 e. The molecular weight excluding hydrogens is 669 g/mol. The highest BCUT2D eigenvalue weighted by atomic mass is 16.5. The minimum atomic E-state index is -1.01. The third-order valence-corrected chi connectivity index (χ3v) is 16.6. The lowest BCUT2D eigenvalue weighted by Gasteiger charge is -2.71. The van der Waals surface area contributed by atoms with Crippen LogP contribution >= 0.6 is 0 Å².